The Hall–Kier alpha value is -2.34. The molecular formula is C17H16BrN3O2. The number of nitrogens with one attached hydrogen (secondary N) is 2. The maximum Gasteiger partial charge on any atom is 0.253 e. The minimum atomic E-state index is -0.147. The molecule has 6 heteroatoms. The molecule has 0 aliphatic rings. The first kappa shape index (κ1) is 15.6. The van der Waals surface area contributed by atoms with Gasteiger partial charge in [-0.1, -0.05) is 12.1 Å². The van der Waals surface area contributed by atoms with Crippen molar-refractivity contribution in [3.8, 4) is 5.75 Å². The summed E-state index contributed by atoms with van der Waals surface area (Å²) < 4.78 is 6.05. The summed E-state index contributed by atoms with van der Waals surface area (Å²) in [4.78, 5) is 19.8. The van der Waals surface area contributed by atoms with Crippen LogP contribution in [0.1, 0.15) is 28.9 Å². The van der Waals surface area contributed by atoms with Gasteiger partial charge in [0.25, 0.3) is 5.91 Å². The van der Waals surface area contributed by atoms with Gasteiger partial charge in [-0.2, -0.15) is 0 Å². The average Bonchev–Trinajstić information content (AvgIpc) is 2.97. The molecule has 0 spiro atoms. The lowest BCUT2D eigenvalue weighted by atomic mass is 10.1. The third-order valence-electron chi connectivity index (χ3n) is 3.68. The maximum absolute atomic E-state index is 12.6. The number of methoxy groups -OCH3 is 1. The van der Waals surface area contributed by atoms with Crippen LogP contribution in [0.5, 0.6) is 5.75 Å². The van der Waals surface area contributed by atoms with Crippen molar-refractivity contribution < 1.29 is 9.53 Å². The molecule has 0 bridgehead atoms. The Balaban J connectivity index is 1.83. The molecule has 0 aliphatic carbocycles. The van der Waals surface area contributed by atoms with Gasteiger partial charge in [0.05, 0.1) is 18.7 Å². The largest absolute Gasteiger partial charge is 0.497 e. The maximum atomic E-state index is 12.6. The van der Waals surface area contributed by atoms with Gasteiger partial charge in [0.1, 0.15) is 11.4 Å². The van der Waals surface area contributed by atoms with E-state index in [4.69, 9.17) is 4.74 Å². The van der Waals surface area contributed by atoms with E-state index in [9.17, 15) is 4.79 Å². The lowest BCUT2D eigenvalue weighted by molar-refractivity contribution is 0.0941. The molecular weight excluding hydrogens is 358 g/mol. The third-order valence-corrected chi connectivity index (χ3v) is 4.12. The van der Waals surface area contributed by atoms with E-state index in [-0.39, 0.29) is 11.9 Å². The Morgan fingerprint density at radius 3 is 3.00 bits per heavy atom. The Labute approximate surface area is 142 Å². The number of hydrogen-bond acceptors (Lipinski definition) is 3. The van der Waals surface area contributed by atoms with E-state index < -0.39 is 0 Å². The fraction of sp³-hybridized carbons (Fsp3) is 0.176. The fourth-order valence-corrected chi connectivity index (χ4v) is 2.77. The monoisotopic (exact) mass is 373 g/mol. The number of hydrogen-bond donors (Lipinski definition) is 2. The van der Waals surface area contributed by atoms with Crippen LogP contribution in [0.2, 0.25) is 0 Å². The number of pyridine rings is 1. The molecule has 1 aromatic carbocycles. The molecule has 3 rings (SSSR count). The molecule has 2 heterocycles. The van der Waals surface area contributed by atoms with Crippen LogP contribution >= 0.6 is 15.9 Å². The SMILES string of the molecule is COc1cccc(C(C)NC(=O)c2c[nH]c3ncc(Br)cc23)c1. The minimum absolute atomic E-state index is 0.136. The highest BCUT2D eigenvalue weighted by atomic mass is 79.9. The Bertz CT molecular complexity index is 860. The summed E-state index contributed by atoms with van der Waals surface area (Å²) in [5.74, 6) is 0.621. The molecule has 0 saturated heterocycles. The van der Waals surface area contributed by atoms with Crippen molar-refractivity contribution in [3.63, 3.8) is 0 Å². The smallest absolute Gasteiger partial charge is 0.253 e. The molecule has 1 amide bonds. The van der Waals surface area contributed by atoms with Crippen LogP contribution in [-0.2, 0) is 0 Å². The molecule has 3 aromatic rings. The molecule has 2 aromatic heterocycles. The molecule has 23 heavy (non-hydrogen) atoms. The number of nitrogens with zero attached hydrogens (tertiary/aromatic N) is 1. The molecule has 5 nitrogen and oxygen atoms in total. The van der Waals surface area contributed by atoms with E-state index in [1.54, 1.807) is 19.5 Å². The predicted molar refractivity (Wildman–Crippen MR) is 92.7 cm³/mol. The highest BCUT2D eigenvalue weighted by molar-refractivity contribution is 9.10. The van der Waals surface area contributed by atoms with Crippen LogP contribution < -0.4 is 10.1 Å². The number of fused-ring (bicyclic) bond motifs is 1. The van der Waals surface area contributed by atoms with Gasteiger partial charge in [-0.25, -0.2) is 4.98 Å². The van der Waals surface area contributed by atoms with Gasteiger partial charge in [0, 0.05) is 22.3 Å². The summed E-state index contributed by atoms with van der Waals surface area (Å²) in [6, 6.07) is 9.40. The summed E-state index contributed by atoms with van der Waals surface area (Å²) in [5.41, 5.74) is 2.24. The topological polar surface area (TPSA) is 67.0 Å². The minimum Gasteiger partial charge on any atom is -0.497 e. The van der Waals surface area contributed by atoms with Gasteiger partial charge >= 0.3 is 0 Å². The van der Waals surface area contributed by atoms with Crippen LogP contribution in [0, 0.1) is 0 Å². The van der Waals surface area contributed by atoms with Crippen LogP contribution in [0.3, 0.4) is 0 Å². The number of aromatic amines is 1. The standard InChI is InChI=1S/C17H16BrN3O2/c1-10(11-4-3-5-13(6-11)23-2)21-17(22)15-9-20-16-14(15)7-12(18)8-19-16/h3-10H,1-2H3,(H,19,20)(H,21,22). The van der Waals surface area contributed by atoms with Crippen LogP contribution in [-0.4, -0.2) is 23.0 Å². The summed E-state index contributed by atoms with van der Waals surface area (Å²) in [7, 11) is 1.62. The summed E-state index contributed by atoms with van der Waals surface area (Å²) >= 11 is 3.38. The fourth-order valence-electron chi connectivity index (χ4n) is 2.43. The molecule has 0 aliphatic heterocycles. The van der Waals surface area contributed by atoms with Crippen molar-refractivity contribution in [3.05, 3.63) is 58.3 Å². The molecule has 1 unspecified atom stereocenters. The van der Waals surface area contributed by atoms with Crippen molar-refractivity contribution in [2.24, 2.45) is 0 Å². The number of carbonyl (C=O) groups is 1. The van der Waals surface area contributed by atoms with Gasteiger partial charge in [-0.3, -0.25) is 4.79 Å². The molecule has 0 radical (unpaired) electrons. The lowest BCUT2D eigenvalue weighted by Crippen LogP contribution is -2.26. The molecule has 2 N–H and O–H groups in total. The van der Waals surface area contributed by atoms with Gasteiger partial charge in [-0.05, 0) is 46.6 Å². The molecule has 1 atom stereocenters. The lowest BCUT2D eigenvalue weighted by Gasteiger charge is -2.15. The zero-order valence-corrected chi connectivity index (χ0v) is 14.3. The van der Waals surface area contributed by atoms with Crippen molar-refractivity contribution >= 4 is 32.9 Å². The molecule has 118 valence electrons. The van der Waals surface area contributed by atoms with Crippen molar-refractivity contribution in [2.75, 3.05) is 7.11 Å². The van der Waals surface area contributed by atoms with E-state index in [1.807, 2.05) is 37.3 Å². The van der Waals surface area contributed by atoms with Crippen LogP contribution in [0.4, 0.5) is 0 Å². The number of carbonyl (C=O) groups excluding carboxylic acids is 1. The second-order valence-corrected chi connectivity index (χ2v) is 6.14. The van der Waals surface area contributed by atoms with Crippen LogP contribution in [0.15, 0.2) is 47.2 Å². The third kappa shape index (κ3) is 3.22. The van der Waals surface area contributed by atoms with E-state index in [1.165, 1.54) is 0 Å². The molecule has 0 saturated carbocycles. The van der Waals surface area contributed by atoms with E-state index >= 15 is 0 Å². The van der Waals surface area contributed by atoms with Crippen molar-refractivity contribution in [1.82, 2.24) is 15.3 Å². The Kier molecular flexibility index (Phi) is 4.34. The van der Waals surface area contributed by atoms with Gasteiger partial charge in [0.15, 0.2) is 0 Å². The van der Waals surface area contributed by atoms with Crippen LogP contribution in [0.25, 0.3) is 11.0 Å². The summed E-state index contributed by atoms with van der Waals surface area (Å²) in [5, 5.41) is 3.79. The Morgan fingerprint density at radius 2 is 2.22 bits per heavy atom. The summed E-state index contributed by atoms with van der Waals surface area (Å²) in [6.45, 7) is 1.94. The number of rotatable bonds is 4. The highest BCUT2D eigenvalue weighted by Crippen LogP contribution is 2.22. The average molecular weight is 374 g/mol. The van der Waals surface area contributed by atoms with Crippen molar-refractivity contribution in [2.45, 2.75) is 13.0 Å². The Morgan fingerprint density at radius 1 is 1.39 bits per heavy atom. The van der Waals surface area contributed by atoms with Gasteiger partial charge < -0.3 is 15.0 Å². The van der Waals surface area contributed by atoms with E-state index in [0.717, 1.165) is 21.2 Å². The number of halogens is 1. The first-order valence-corrected chi connectivity index (χ1v) is 7.95. The normalized spacial score (nSPS) is 12.1. The van der Waals surface area contributed by atoms with E-state index in [2.05, 4.69) is 31.2 Å². The first-order valence-electron chi connectivity index (χ1n) is 7.16. The van der Waals surface area contributed by atoms with E-state index in [0.29, 0.717) is 11.2 Å². The number of benzene rings is 1. The zero-order valence-electron chi connectivity index (χ0n) is 12.8. The second kappa shape index (κ2) is 6.42. The second-order valence-electron chi connectivity index (χ2n) is 5.22. The summed E-state index contributed by atoms with van der Waals surface area (Å²) in [6.07, 6.45) is 3.37. The quantitative estimate of drug-likeness (QED) is 0.730. The number of ether oxygens (including phenoxy) is 1. The number of amides is 1. The highest BCUT2D eigenvalue weighted by Gasteiger charge is 2.16. The predicted octanol–water partition coefficient (Wildman–Crippen LogP) is 3.83. The van der Waals surface area contributed by atoms with Gasteiger partial charge in [0.2, 0.25) is 0 Å². The van der Waals surface area contributed by atoms with Gasteiger partial charge in [-0.15, -0.1) is 0 Å². The van der Waals surface area contributed by atoms with Crippen molar-refractivity contribution in [1.29, 1.82) is 0 Å². The number of aromatic nitrogens is 2. The molecule has 0 fully saturated rings. The first-order chi connectivity index (χ1) is 11.1. The number of H-pyrrole nitrogens is 1. The zero-order chi connectivity index (χ0) is 16.4.